The van der Waals surface area contributed by atoms with E-state index in [-0.39, 0.29) is 68.6 Å². The van der Waals surface area contributed by atoms with Crippen molar-refractivity contribution in [3.63, 3.8) is 0 Å². The number of amides is 3. The minimum absolute atomic E-state index is 0.0255. The summed E-state index contributed by atoms with van der Waals surface area (Å²) in [5.74, 6) is -6.40. The molecule has 6 heterocycles. The normalized spacial score (nSPS) is 15.1. The van der Waals surface area contributed by atoms with E-state index in [1.54, 1.807) is 13.8 Å². The van der Waals surface area contributed by atoms with Gasteiger partial charge in [0.05, 0.1) is 68.5 Å². The lowest BCUT2D eigenvalue weighted by Crippen LogP contribution is -2.44. The van der Waals surface area contributed by atoms with E-state index in [0.717, 1.165) is 72.3 Å². The van der Waals surface area contributed by atoms with Crippen LogP contribution in [-0.2, 0) is 44.4 Å². The number of aryl methyl sites for hydroxylation is 2. The maximum atomic E-state index is 15.3. The van der Waals surface area contributed by atoms with Crippen LogP contribution in [0.5, 0.6) is 11.5 Å². The summed E-state index contributed by atoms with van der Waals surface area (Å²) in [7, 11) is 0. The number of nitrogens with zero attached hydrogens (tertiary/aromatic N) is 10. The van der Waals surface area contributed by atoms with Crippen LogP contribution in [-0.4, -0.2) is 82.1 Å². The lowest BCUT2D eigenvalue weighted by molar-refractivity contribution is -0.139. The first-order valence-corrected chi connectivity index (χ1v) is 23.9. The number of anilines is 4. The van der Waals surface area contributed by atoms with Crippen molar-refractivity contribution in [2.75, 3.05) is 32.8 Å². The number of ether oxygens (including phenoxy) is 2. The lowest BCUT2D eigenvalue weighted by atomic mass is 10.0. The molecule has 8 rings (SSSR count). The largest absolute Gasteiger partial charge is 0.479 e. The zero-order valence-electron chi connectivity index (χ0n) is 42.2. The average molecular weight is 1150 g/mol. The number of fused-ring (bicyclic) bond motifs is 2. The van der Waals surface area contributed by atoms with Crippen molar-refractivity contribution in [1.82, 2.24) is 18.8 Å². The smallest absolute Gasteiger partial charge is 0.417 e. The molecule has 2 saturated heterocycles. The topological polar surface area (TPSA) is 262 Å². The number of aromatic nitrogens is 4. The molecule has 3 N–H and O–H groups in total. The first kappa shape index (κ1) is 58.5. The molecule has 0 spiro atoms. The van der Waals surface area contributed by atoms with E-state index < -0.39 is 117 Å². The molecule has 0 saturated carbocycles. The Morgan fingerprint density at radius 1 is 0.650 bits per heavy atom. The van der Waals surface area contributed by atoms with Gasteiger partial charge in [0.2, 0.25) is 11.5 Å². The number of carbonyl (C=O) groups is 4. The molecule has 0 aliphatic carbocycles. The third-order valence-electron chi connectivity index (χ3n) is 12.4. The standard InChI is InChI=1S/C25H20F4N6O4S.C25H19F4N5O5S/c1-4-17-19(39-11-18(31)36)21(37)33-10-14(8-16(26)20(33)32-17)35-23(40)34(22(38)24(35,2)3)13-6-5-12(9-30)15(7-13)25(27,28)29;1-4-17-19(39-11-18(35)36)21(37)32-10-14(8-16(26)20(32)31-17)34-23(40)33(22(38)24(34,2)3)13-6-5-12(9-30)15(7-13)25(27,28)29/h5-8,10H,4,11H2,1-3H3,(H2,31,36);5-8,10H,4,11H2,1-3H3,(H,35,36). The molecule has 4 aromatic heterocycles. The molecule has 0 atom stereocenters. The molecule has 2 aromatic carbocycles. The molecule has 30 heteroatoms. The summed E-state index contributed by atoms with van der Waals surface area (Å²) < 4.78 is 124. The van der Waals surface area contributed by atoms with Crippen LogP contribution in [0, 0.1) is 34.3 Å². The van der Waals surface area contributed by atoms with Crippen LogP contribution in [0.4, 0.5) is 57.9 Å². The Morgan fingerprint density at radius 2 is 1.01 bits per heavy atom. The van der Waals surface area contributed by atoms with Crippen LogP contribution in [0.3, 0.4) is 0 Å². The van der Waals surface area contributed by atoms with Gasteiger partial charge in [0.15, 0.2) is 46.4 Å². The number of halogens is 8. The number of carboxylic acid groups (broad SMARTS) is 1. The van der Waals surface area contributed by atoms with Gasteiger partial charge < -0.3 is 30.1 Å². The molecule has 2 aliphatic rings. The number of carboxylic acids is 1. The van der Waals surface area contributed by atoms with Crippen molar-refractivity contribution in [3.8, 4) is 23.6 Å². The average Bonchev–Trinajstić information content (AvgIpc) is 3.68. The number of alkyl halides is 6. The number of hydrogen-bond donors (Lipinski definition) is 2. The van der Waals surface area contributed by atoms with Gasteiger partial charge in [-0.3, -0.25) is 42.6 Å². The Balaban J connectivity index is 0.000000231. The van der Waals surface area contributed by atoms with Crippen molar-refractivity contribution < 1.29 is 68.9 Å². The second kappa shape index (κ2) is 21.2. The Labute approximate surface area is 456 Å². The summed E-state index contributed by atoms with van der Waals surface area (Å²) in [6.07, 6.45) is -7.23. The summed E-state index contributed by atoms with van der Waals surface area (Å²) in [6, 6.07) is 10.2. The van der Waals surface area contributed by atoms with Crippen molar-refractivity contribution in [1.29, 1.82) is 10.5 Å². The Bertz CT molecular complexity index is 3640. The number of pyridine rings is 2. The van der Waals surface area contributed by atoms with E-state index in [9.17, 15) is 55.1 Å². The van der Waals surface area contributed by atoms with Gasteiger partial charge in [0, 0.05) is 24.5 Å². The first-order valence-electron chi connectivity index (χ1n) is 23.1. The number of nitriles is 2. The molecule has 416 valence electrons. The van der Waals surface area contributed by atoms with Crippen LogP contribution in [0.25, 0.3) is 11.3 Å². The summed E-state index contributed by atoms with van der Waals surface area (Å²) in [6.45, 7) is 7.41. The molecule has 6 aromatic rings. The number of primary amides is 1. The van der Waals surface area contributed by atoms with Crippen LogP contribution in [0.2, 0.25) is 0 Å². The fourth-order valence-corrected chi connectivity index (χ4v) is 9.68. The third-order valence-corrected chi connectivity index (χ3v) is 13.1. The van der Waals surface area contributed by atoms with E-state index in [2.05, 4.69) is 9.97 Å². The quantitative estimate of drug-likeness (QED) is 0.0950. The van der Waals surface area contributed by atoms with Gasteiger partial charge in [0.1, 0.15) is 11.1 Å². The lowest BCUT2D eigenvalue weighted by Gasteiger charge is -2.29. The Morgan fingerprint density at radius 3 is 1.32 bits per heavy atom. The van der Waals surface area contributed by atoms with Crippen molar-refractivity contribution in [2.45, 2.75) is 77.8 Å². The Hall–Kier alpha value is -9.16. The number of carbonyl (C=O) groups excluding carboxylic acids is 3. The van der Waals surface area contributed by atoms with Gasteiger partial charge in [0.25, 0.3) is 17.7 Å². The maximum Gasteiger partial charge on any atom is 0.417 e. The van der Waals surface area contributed by atoms with Crippen LogP contribution < -0.4 is 45.9 Å². The third kappa shape index (κ3) is 10.4. The zero-order chi connectivity index (χ0) is 59.5. The minimum atomic E-state index is -4.89. The number of thiocarbonyl (C=S) groups is 2. The fraction of sp³-hybridized carbons (Fsp3) is 0.280. The fourth-order valence-electron chi connectivity index (χ4n) is 8.64. The summed E-state index contributed by atoms with van der Waals surface area (Å²) in [4.78, 5) is 87.8. The second-order valence-electron chi connectivity index (χ2n) is 18.3. The van der Waals surface area contributed by atoms with Gasteiger partial charge >= 0.3 is 29.4 Å². The molecular formula is C50H39F8N11O9S2. The van der Waals surface area contributed by atoms with Gasteiger partial charge in [-0.15, -0.1) is 0 Å². The van der Waals surface area contributed by atoms with Crippen molar-refractivity contribution in [2.24, 2.45) is 5.73 Å². The van der Waals surface area contributed by atoms with Crippen LogP contribution in [0.1, 0.15) is 75.2 Å². The number of benzene rings is 2. The summed E-state index contributed by atoms with van der Waals surface area (Å²) in [5.41, 5.74) is -5.01. The summed E-state index contributed by atoms with van der Waals surface area (Å²) in [5, 5.41) is 26.5. The van der Waals surface area contributed by atoms with E-state index >= 15 is 8.78 Å². The highest BCUT2D eigenvalue weighted by atomic mass is 32.1. The number of aliphatic carboxylic acids is 1. The molecule has 0 unspecified atom stereocenters. The Kier molecular flexibility index (Phi) is 15.5. The maximum absolute atomic E-state index is 15.3. The molecule has 2 aliphatic heterocycles. The van der Waals surface area contributed by atoms with Crippen molar-refractivity contribution >= 4 is 92.4 Å². The van der Waals surface area contributed by atoms with Gasteiger partial charge in [-0.2, -0.15) is 36.9 Å². The highest BCUT2D eigenvalue weighted by molar-refractivity contribution is 7.81. The zero-order valence-corrected chi connectivity index (χ0v) is 43.8. The monoisotopic (exact) mass is 1150 g/mol. The van der Waals surface area contributed by atoms with E-state index in [1.807, 2.05) is 0 Å². The van der Waals surface area contributed by atoms with E-state index in [1.165, 1.54) is 44.7 Å². The first-order chi connectivity index (χ1) is 37.3. The highest BCUT2D eigenvalue weighted by Gasteiger charge is 2.53. The van der Waals surface area contributed by atoms with Crippen LogP contribution >= 0.6 is 24.4 Å². The summed E-state index contributed by atoms with van der Waals surface area (Å²) >= 11 is 10.9. The number of nitrogens with two attached hydrogens (primary N) is 1. The van der Waals surface area contributed by atoms with Crippen LogP contribution in [0.15, 0.2) is 70.5 Å². The molecule has 2 fully saturated rings. The predicted molar refractivity (Wildman–Crippen MR) is 275 cm³/mol. The second-order valence-corrected chi connectivity index (χ2v) is 19.1. The van der Waals surface area contributed by atoms with Crippen molar-refractivity contribution in [3.05, 3.63) is 127 Å². The van der Waals surface area contributed by atoms with Gasteiger partial charge in [-0.25, -0.2) is 23.5 Å². The highest BCUT2D eigenvalue weighted by Crippen LogP contribution is 2.42. The van der Waals surface area contributed by atoms with E-state index in [4.69, 9.17) is 55.3 Å². The molecule has 0 radical (unpaired) electrons. The molecule has 20 nitrogen and oxygen atoms in total. The van der Waals surface area contributed by atoms with Gasteiger partial charge in [-0.1, -0.05) is 13.8 Å². The molecular weight excluding hydrogens is 1110 g/mol. The van der Waals surface area contributed by atoms with E-state index in [0.29, 0.717) is 12.1 Å². The minimum Gasteiger partial charge on any atom is -0.479 e. The van der Waals surface area contributed by atoms with Gasteiger partial charge in [-0.05, 0) is 101 Å². The SMILES string of the molecule is CCc1nc2c(F)cc(N3C(=S)N(c4ccc(C#N)c(C(F)(F)F)c4)C(=O)C3(C)C)cn2c(=O)c1OCC(=O)O.CCc1nc2c(F)cc(N3C(=S)N(c4ccc(C#N)c(C(F)(F)F)c4)C(=O)C3(C)C)cn2c(=O)c1OCC(N)=O. The molecule has 80 heavy (non-hydrogen) atoms. The number of rotatable bonds is 12. The predicted octanol–water partition coefficient (Wildman–Crippen LogP) is 6.73. The molecule has 3 amide bonds. The number of hydrogen-bond acceptors (Lipinski definition) is 14. The molecule has 0 bridgehead atoms.